The minimum absolute atomic E-state index is 0.0828. The molecule has 1 N–H and O–H groups in total. The molecule has 1 fully saturated rings. The van der Waals surface area contributed by atoms with E-state index in [1.165, 1.54) is 0 Å². The Morgan fingerprint density at radius 2 is 1.89 bits per heavy atom. The van der Waals surface area contributed by atoms with Crippen LogP contribution in [0.25, 0.3) is 0 Å². The Morgan fingerprint density at radius 3 is 2.26 bits per heavy atom. The van der Waals surface area contributed by atoms with E-state index in [1.807, 2.05) is 0 Å². The Labute approximate surface area is 117 Å². The number of hydrogen-bond donors (Lipinski definition) is 1. The first-order chi connectivity index (χ1) is 8.82. The molecule has 0 radical (unpaired) electrons. The topological polar surface area (TPSA) is 56.1 Å². The molecule has 4 nitrogen and oxygen atoms in total. The summed E-state index contributed by atoms with van der Waals surface area (Å²) in [5.74, 6) is 0.411. The third-order valence-electron chi connectivity index (χ3n) is 4.02. The molecule has 1 aliphatic rings. The molecule has 0 unspecified atom stereocenters. The molecule has 0 aromatic heterocycles. The van der Waals surface area contributed by atoms with Crippen LogP contribution in [0.15, 0.2) is 0 Å². The second-order valence-electron chi connectivity index (χ2n) is 6.39. The Morgan fingerprint density at radius 1 is 1.37 bits per heavy atom. The number of carbonyl (C=O) groups excluding carboxylic acids is 1. The number of rotatable bonds is 6. The molecule has 4 heteroatoms. The molecule has 0 heterocycles. The Bertz CT molecular complexity index is 343. The molecular weight excluding hydrogens is 238 g/mol. The van der Waals surface area contributed by atoms with Gasteiger partial charge in [0.25, 0.3) is 0 Å². The van der Waals surface area contributed by atoms with E-state index < -0.39 is 5.41 Å². The molecule has 19 heavy (non-hydrogen) atoms. The SMILES string of the molecule is CC1CC(C#N)(C(=O)NCCN(C(C)C)C(C)C)C1. The number of hydrogen-bond acceptors (Lipinski definition) is 3. The fourth-order valence-corrected chi connectivity index (χ4v) is 3.04. The zero-order chi connectivity index (χ0) is 14.6. The number of nitrogens with one attached hydrogen (secondary N) is 1. The van der Waals surface area contributed by atoms with Crippen LogP contribution < -0.4 is 5.32 Å². The van der Waals surface area contributed by atoms with Crippen LogP contribution >= 0.6 is 0 Å². The van der Waals surface area contributed by atoms with Crippen LogP contribution in [0, 0.1) is 22.7 Å². The number of carbonyl (C=O) groups is 1. The summed E-state index contributed by atoms with van der Waals surface area (Å²) < 4.78 is 0. The van der Waals surface area contributed by atoms with E-state index in [0.717, 1.165) is 6.54 Å². The van der Waals surface area contributed by atoms with E-state index in [-0.39, 0.29) is 5.91 Å². The molecule has 0 spiro atoms. The minimum atomic E-state index is -0.750. The van der Waals surface area contributed by atoms with E-state index in [4.69, 9.17) is 0 Å². The van der Waals surface area contributed by atoms with Gasteiger partial charge in [0.05, 0.1) is 6.07 Å². The largest absolute Gasteiger partial charge is 0.353 e. The highest BCUT2D eigenvalue weighted by Gasteiger charge is 2.48. The molecule has 1 saturated carbocycles. The summed E-state index contributed by atoms with van der Waals surface area (Å²) in [5.41, 5.74) is -0.750. The van der Waals surface area contributed by atoms with Crippen molar-refractivity contribution < 1.29 is 4.79 Å². The van der Waals surface area contributed by atoms with Gasteiger partial charge in [-0.15, -0.1) is 0 Å². The fraction of sp³-hybridized carbons (Fsp3) is 0.867. The lowest BCUT2D eigenvalue weighted by Gasteiger charge is -2.39. The van der Waals surface area contributed by atoms with Gasteiger partial charge in [-0.1, -0.05) is 6.92 Å². The molecule has 1 aliphatic carbocycles. The van der Waals surface area contributed by atoms with Gasteiger partial charge in [0.1, 0.15) is 5.41 Å². The van der Waals surface area contributed by atoms with Crippen molar-refractivity contribution in [2.24, 2.45) is 11.3 Å². The van der Waals surface area contributed by atoms with Gasteiger partial charge in [-0.05, 0) is 46.5 Å². The van der Waals surface area contributed by atoms with Crippen molar-refractivity contribution in [3.63, 3.8) is 0 Å². The second-order valence-corrected chi connectivity index (χ2v) is 6.39. The minimum Gasteiger partial charge on any atom is -0.353 e. The molecule has 0 aliphatic heterocycles. The number of nitrogens with zero attached hydrogens (tertiary/aromatic N) is 2. The predicted octanol–water partition coefficient (Wildman–Crippen LogP) is 2.16. The molecule has 0 bridgehead atoms. The molecule has 1 amide bonds. The summed E-state index contributed by atoms with van der Waals surface area (Å²) in [6, 6.07) is 3.13. The molecular formula is C15H27N3O. The van der Waals surface area contributed by atoms with Gasteiger partial charge in [-0.25, -0.2) is 0 Å². The Hall–Kier alpha value is -1.08. The lowest BCUT2D eigenvalue weighted by Crippen LogP contribution is -2.50. The van der Waals surface area contributed by atoms with Crippen molar-refractivity contribution in [2.45, 2.75) is 59.5 Å². The van der Waals surface area contributed by atoms with Crippen LogP contribution in [-0.4, -0.2) is 36.0 Å². The zero-order valence-electron chi connectivity index (χ0n) is 12.9. The summed E-state index contributed by atoms with van der Waals surface area (Å²) >= 11 is 0. The van der Waals surface area contributed by atoms with Gasteiger partial charge in [-0.2, -0.15) is 5.26 Å². The van der Waals surface area contributed by atoms with E-state index in [0.29, 0.717) is 37.4 Å². The third kappa shape index (κ3) is 3.70. The van der Waals surface area contributed by atoms with Crippen molar-refractivity contribution in [3.8, 4) is 6.07 Å². The maximum Gasteiger partial charge on any atom is 0.240 e. The highest BCUT2D eigenvalue weighted by atomic mass is 16.2. The van der Waals surface area contributed by atoms with Crippen LogP contribution in [-0.2, 0) is 4.79 Å². The quantitative estimate of drug-likeness (QED) is 0.800. The van der Waals surface area contributed by atoms with Gasteiger partial charge >= 0.3 is 0 Å². The van der Waals surface area contributed by atoms with Crippen LogP contribution in [0.1, 0.15) is 47.5 Å². The third-order valence-corrected chi connectivity index (χ3v) is 4.02. The van der Waals surface area contributed by atoms with Crippen molar-refractivity contribution in [1.29, 1.82) is 5.26 Å². The van der Waals surface area contributed by atoms with E-state index in [1.54, 1.807) is 0 Å². The highest BCUT2D eigenvalue weighted by Crippen LogP contribution is 2.44. The first-order valence-electron chi connectivity index (χ1n) is 7.27. The Kier molecular flexibility index (Phi) is 5.37. The lowest BCUT2D eigenvalue weighted by molar-refractivity contribution is -0.134. The number of amides is 1. The van der Waals surface area contributed by atoms with Crippen LogP contribution in [0.4, 0.5) is 0 Å². The van der Waals surface area contributed by atoms with Crippen LogP contribution in [0.5, 0.6) is 0 Å². The van der Waals surface area contributed by atoms with Gasteiger partial charge < -0.3 is 5.32 Å². The van der Waals surface area contributed by atoms with Gasteiger partial charge in [0.15, 0.2) is 0 Å². The summed E-state index contributed by atoms with van der Waals surface area (Å²) in [4.78, 5) is 14.4. The van der Waals surface area contributed by atoms with Crippen molar-refractivity contribution in [1.82, 2.24) is 10.2 Å². The molecule has 0 aromatic carbocycles. The fourth-order valence-electron chi connectivity index (χ4n) is 3.04. The van der Waals surface area contributed by atoms with Crippen molar-refractivity contribution >= 4 is 5.91 Å². The average molecular weight is 265 g/mol. The van der Waals surface area contributed by atoms with Gasteiger partial charge in [0, 0.05) is 25.2 Å². The Balaban J connectivity index is 2.41. The van der Waals surface area contributed by atoms with E-state index >= 15 is 0 Å². The summed E-state index contributed by atoms with van der Waals surface area (Å²) in [6.07, 6.45) is 1.40. The smallest absolute Gasteiger partial charge is 0.240 e. The van der Waals surface area contributed by atoms with Crippen LogP contribution in [0.2, 0.25) is 0 Å². The van der Waals surface area contributed by atoms with E-state index in [9.17, 15) is 10.1 Å². The number of nitriles is 1. The first-order valence-corrected chi connectivity index (χ1v) is 7.27. The van der Waals surface area contributed by atoms with Crippen LogP contribution in [0.3, 0.4) is 0 Å². The maximum absolute atomic E-state index is 12.1. The van der Waals surface area contributed by atoms with E-state index in [2.05, 4.69) is 50.9 Å². The summed E-state index contributed by atoms with van der Waals surface area (Å²) in [6.45, 7) is 12.2. The predicted molar refractivity (Wildman–Crippen MR) is 76.4 cm³/mol. The molecule has 0 saturated heterocycles. The van der Waals surface area contributed by atoms with Gasteiger partial charge in [0.2, 0.25) is 5.91 Å². The molecule has 108 valence electrons. The standard InChI is InChI=1S/C15H27N3O/c1-11(2)18(12(3)4)7-6-17-14(19)15(10-16)8-13(5)9-15/h11-13H,6-9H2,1-5H3,(H,17,19). The van der Waals surface area contributed by atoms with Gasteiger partial charge in [-0.3, -0.25) is 9.69 Å². The highest BCUT2D eigenvalue weighted by molar-refractivity contribution is 5.86. The summed E-state index contributed by atoms with van der Waals surface area (Å²) in [5, 5.41) is 12.1. The average Bonchev–Trinajstić information content (AvgIpc) is 2.28. The monoisotopic (exact) mass is 265 g/mol. The molecule has 0 aromatic rings. The normalized spacial score (nSPS) is 26.4. The summed E-state index contributed by atoms with van der Waals surface area (Å²) in [7, 11) is 0. The van der Waals surface area contributed by atoms with Crippen molar-refractivity contribution in [2.75, 3.05) is 13.1 Å². The maximum atomic E-state index is 12.1. The first kappa shape index (κ1) is 16.0. The molecule has 1 rings (SSSR count). The molecule has 0 atom stereocenters. The second kappa shape index (κ2) is 6.38. The zero-order valence-corrected chi connectivity index (χ0v) is 12.9. The van der Waals surface area contributed by atoms with Crippen molar-refractivity contribution in [3.05, 3.63) is 0 Å². The lowest BCUT2D eigenvalue weighted by atomic mass is 9.63.